The summed E-state index contributed by atoms with van der Waals surface area (Å²) in [6, 6.07) is 8.81. The van der Waals surface area contributed by atoms with E-state index in [1.165, 1.54) is 18.9 Å². The zero-order chi connectivity index (χ0) is 18.0. The molecule has 2 aliphatic rings. The molecule has 3 unspecified atom stereocenters. The normalized spacial score (nSPS) is 28.7. The fraction of sp³-hybridized carbons (Fsp3) is 0.444. The molecule has 1 aromatic carbocycles. The number of hydrogen-bond donors (Lipinski definition) is 1. The minimum atomic E-state index is -0.892. The van der Waals surface area contributed by atoms with Gasteiger partial charge >= 0.3 is 5.97 Å². The number of amides is 1. The third-order valence-corrected chi connectivity index (χ3v) is 6.11. The summed E-state index contributed by atoms with van der Waals surface area (Å²) in [5.74, 6) is -0.00505. The maximum Gasteiger partial charge on any atom is 0.321 e. The van der Waals surface area contributed by atoms with Crippen molar-refractivity contribution in [2.75, 3.05) is 19.4 Å². The van der Waals surface area contributed by atoms with Gasteiger partial charge in [0.25, 0.3) is 0 Å². The summed E-state index contributed by atoms with van der Waals surface area (Å²) in [5.41, 5.74) is 5.70. The topological polar surface area (TPSA) is 81.9 Å². The number of carbonyl (C=O) groups excluding carboxylic acids is 2. The number of benzene rings is 1. The van der Waals surface area contributed by atoms with Crippen molar-refractivity contribution in [3.63, 3.8) is 0 Å². The summed E-state index contributed by atoms with van der Waals surface area (Å²) in [4.78, 5) is 26.6. The van der Waals surface area contributed by atoms with Gasteiger partial charge in [0.05, 0.1) is 0 Å². The predicted octanol–water partition coefficient (Wildman–Crippen LogP) is 2.10. The lowest BCUT2D eigenvalue weighted by atomic mass is 9.86. The van der Waals surface area contributed by atoms with Crippen molar-refractivity contribution in [3.8, 4) is 0 Å². The molecule has 2 heterocycles. The van der Waals surface area contributed by atoms with Gasteiger partial charge in [0, 0.05) is 25.0 Å². The van der Waals surface area contributed by atoms with Crippen LogP contribution in [0.3, 0.4) is 0 Å². The van der Waals surface area contributed by atoms with Gasteiger partial charge in [-0.05, 0) is 6.92 Å². The van der Waals surface area contributed by atoms with Crippen LogP contribution < -0.4 is 5.73 Å². The predicted molar refractivity (Wildman–Crippen MR) is 103 cm³/mol. The van der Waals surface area contributed by atoms with Gasteiger partial charge in [-0.3, -0.25) is 9.59 Å². The summed E-state index contributed by atoms with van der Waals surface area (Å²) in [7, 11) is 1.50. The second kappa shape index (κ2) is 8.43. The number of halogens is 1. The Morgan fingerprint density at radius 1 is 1.42 bits per heavy atom. The highest BCUT2D eigenvalue weighted by atomic mass is 35.5. The number of nitrogens with two attached hydrogens (primary N) is 1. The third-order valence-electron chi connectivity index (χ3n) is 4.54. The number of ether oxygens (including phenoxy) is 2. The molecule has 2 N–H and O–H groups in total. The van der Waals surface area contributed by atoms with E-state index in [-0.39, 0.29) is 30.2 Å². The number of esters is 1. The molecule has 0 radical (unpaired) electrons. The highest BCUT2D eigenvalue weighted by Crippen LogP contribution is 2.43. The van der Waals surface area contributed by atoms with Crippen molar-refractivity contribution in [1.82, 2.24) is 4.90 Å². The Balaban J connectivity index is 0.00000243. The summed E-state index contributed by atoms with van der Waals surface area (Å²) in [6.45, 7) is 2.13. The average molecular weight is 399 g/mol. The van der Waals surface area contributed by atoms with Crippen molar-refractivity contribution < 1.29 is 19.1 Å². The zero-order valence-electron chi connectivity index (χ0n) is 14.7. The lowest BCUT2D eigenvalue weighted by molar-refractivity contribution is -0.185. The van der Waals surface area contributed by atoms with E-state index in [1.54, 1.807) is 4.90 Å². The summed E-state index contributed by atoms with van der Waals surface area (Å²) < 4.78 is 11.0. The van der Waals surface area contributed by atoms with Crippen molar-refractivity contribution >= 4 is 36.0 Å². The molecular weight excluding hydrogens is 376 g/mol. The second-order valence-electron chi connectivity index (χ2n) is 6.23. The molecule has 0 spiro atoms. The van der Waals surface area contributed by atoms with Crippen LogP contribution in [0.5, 0.6) is 0 Å². The van der Waals surface area contributed by atoms with Gasteiger partial charge in [0.2, 0.25) is 12.2 Å². The summed E-state index contributed by atoms with van der Waals surface area (Å²) in [6.07, 6.45) is 2.84. The summed E-state index contributed by atoms with van der Waals surface area (Å²) in [5, 5.41) is -0.0500. The number of thioether (sulfide) groups is 1. The molecule has 1 amide bonds. The quantitative estimate of drug-likeness (QED) is 0.354. The Hall–Kier alpha value is -1.54. The van der Waals surface area contributed by atoms with Gasteiger partial charge in [-0.2, -0.15) is 0 Å². The Morgan fingerprint density at radius 2 is 2.12 bits per heavy atom. The molecule has 1 aromatic rings. The van der Waals surface area contributed by atoms with Crippen LogP contribution in [0, 0.1) is 5.41 Å². The smallest absolute Gasteiger partial charge is 0.321 e. The van der Waals surface area contributed by atoms with Crippen molar-refractivity contribution in [1.29, 1.82) is 0 Å². The van der Waals surface area contributed by atoms with Gasteiger partial charge in [0.1, 0.15) is 16.8 Å². The van der Waals surface area contributed by atoms with Crippen molar-refractivity contribution in [2.24, 2.45) is 11.1 Å². The van der Waals surface area contributed by atoms with Gasteiger partial charge in [-0.1, -0.05) is 42.5 Å². The molecule has 0 saturated carbocycles. The first kappa shape index (κ1) is 20.8. The van der Waals surface area contributed by atoms with Crippen LogP contribution >= 0.6 is 24.2 Å². The van der Waals surface area contributed by atoms with Crippen LogP contribution in [0.4, 0.5) is 0 Å². The van der Waals surface area contributed by atoms with Crippen LogP contribution in [0.25, 0.3) is 0 Å². The number of allylic oxidation sites excluding steroid dienone is 1. The van der Waals surface area contributed by atoms with E-state index in [0.29, 0.717) is 5.75 Å². The van der Waals surface area contributed by atoms with Gasteiger partial charge < -0.3 is 20.1 Å². The maximum absolute atomic E-state index is 13.0. The molecule has 0 bridgehead atoms. The Kier molecular flexibility index (Phi) is 6.74. The Labute approximate surface area is 163 Å². The van der Waals surface area contributed by atoms with Gasteiger partial charge in [-0.25, -0.2) is 0 Å². The number of β-lactam (4-membered cyclic amide) rings is 1. The van der Waals surface area contributed by atoms with E-state index in [1.807, 2.05) is 49.4 Å². The number of carbonyl (C=O) groups is 2. The van der Waals surface area contributed by atoms with E-state index in [2.05, 4.69) is 0 Å². The molecule has 4 atom stereocenters. The van der Waals surface area contributed by atoms with E-state index in [4.69, 9.17) is 15.2 Å². The van der Waals surface area contributed by atoms with Crippen molar-refractivity contribution in [2.45, 2.75) is 24.6 Å². The molecule has 2 aliphatic heterocycles. The lowest BCUT2D eigenvalue weighted by Crippen LogP contribution is -2.72. The maximum atomic E-state index is 13.0. The van der Waals surface area contributed by atoms with Crippen LogP contribution in [0.1, 0.15) is 18.8 Å². The average Bonchev–Trinajstić information content (AvgIpc) is 2.66. The molecule has 2 saturated heterocycles. The van der Waals surface area contributed by atoms with E-state index in [9.17, 15) is 9.59 Å². The molecule has 26 heavy (non-hydrogen) atoms. The second-order valence-corrected chi connectivity index (χ2v) is 7.34. The fourth-order valence-corrected chi connectivity index (χ4v) is 4.64. The van der Waals surface area contributed by atoms with Gasteiger partial charge in [-0.15, -0.1) is 24.2 Å². The Morgan fingerprint density at radius 3 is 2.73 bits per heavy atom. The largest absolute Gasteiger partial charge is 0.431 e. The molecule has 3 rings (SSSR count). The molecule has 2 fully saturated rings. The number of hydrogen-bond acceptors (Lipinski definition) is 6. The monoisotopic (exact) mass is 398 g/mol. The minimum absolute atomic E-state index is 0. The van der Waals surface area contributed by atoms with Crippen LogP contribution in [-0.4, -0.2) is 47.6 Å². The van der Waals surface area contributed by atoms with Crippen LogP contribution in [0.2, 0.25) is 0 Å². The number of methoxy groups -OCH3 is 1. The third kappa shape index (κ3) is 3.62. The molecule has 8 heteroatoms. The minimum Gasteiger partial charge on any atom is -0.431 e. The van der Waals surface area contributed by atoms with E-state index in [0.717, 1.165) is 5.56 Å². The molecule has 0 aliphatic carbocycles. The zero-order valence-corrected chi connectivity index (χ0v) is 16.3. The van der Waals surface area contributed by atoms with Crippen LogP contribution in [-0.2, 0) is 19.1 Å². The van der Waals surface area contributed by atoms with E-state index < -0.39 is 23.7 Å². The fourth-order valence-electron chi connectivity index (χ4n) is 3.18. The van der Waals surface area contributed by atoms with Crippen molar-refractivity contribution in [3.05, 3.63) is 48.0 Å². The SMILES string of the molecule is CC=CC1(C(=O)OC(OC)c2ccccc2)CS[C@@H]2C(N)C(=O)N2C1.Cl. The summed E-state index contributed by atoms with van der Waals surface area (Å²) >= 11 is 1.52. The van der Waals surface area contributed by atoms with Crippen LogP contribution in [0.15, 0.2) is 42.5 Å². The lowest BCUT2D eigenvalue weighted by Gasteiger charge is -2.52. The number of nitrogens with zero attached hydrogens (tertiary/aromatic N) is 1. The highest BCUT2D eigenvalue weighted by Gasteiger charge is 2.55. The first-order valence-electron chi connectivity index (χ1n) is 8.13. The Bertz CT molecular complexity index is 687. The first-order valence-corrected chi connectivity index (χ1v) is 9.17. The number of rotatable bonds is 5. The molecule has 142 valence electrons. The first-order chi connectivity index (χ1) is 12.0. The molecule has 6 nitrogen and oxygen atoms in total. The highest BCUT2D eigenvalue weighted by molar-refractivity contribution is 8.00. The number of fused-ring (bicyclic) bond motifs is 1. The molecular formula is C18H23ClN2O4S. The standard InChI is InChI=1S/C18H22N2O4S.ClH/c1-3-9-18(10-20-14(21)13(19)15(20)25-11-18)17(22)24-16(23-2)12-7-5-4-6-8-12;/h3-9,13,15-16H,10-11,19H2,1-2H3;1H/t13?,15-,16?,18?;/m1./s1. The van der Waals surface area contributed by atoms with Gasteiger partial charge in [0.15, 0.2) is 0 Å². The molecule has 0 aromatic heterocycles. The van der Waals surface area contributed by atoms with E-state index >= 15 is 0 Å².